The van der Waals surface area contributed by atoms with Crippen molar-refractivity contribution >= 4 is 19.1 Å². The van der Waals surface area contributed by atoms with Crippen molar-refractivity contribution in [3.63, 3.8) is 0 Å². The molecule has 0 bridgehead atoms. The van der Waals surface area contributed by atoms with Crippen molar-refractivity contribution in [1.29, 1.82) is 0 Å². The van der Waals surface area contributed by atoms with Gasteiger partial charge in [0.05, 0.1) is 0 Å². The van der Waals surface area contributed by atoms with E-state index in [-0.39, 0.29) is 19.5 Å². The summed E-state index contributed by atoms with van der Waals surface area (Å²) in [5.74, 6) is 0. The number of hydrogen-bond donors (Lipinski definition) is 1. The molecule has 13 heavy (non-hydrogen) atoms. The van der Waals surface area contributed by atoms with Crippen molar-refractivity contribution in [1.82, 2.24) is 9.38 Å². The van der Waals surface area contributed by atoms with E-state index in [1.54, 1.807) is 6.20 Å². The summed E-state index contributed by atoms with van der Waals surface area (Å²) in [5, 5.41) is 0. The second kappa shape index (κ2) is 3.81. The van der Waals surface area contributed by atoms with E-state index in [9.17, 15) is 0 Å². The summed E-state index contributed by atoms with van der Waals surface area (Å²) in [6.07, 6.45) is 5.70. The van der Waals surface area contributed by atoms with Gasteiger partial charge in [-0.15, -0.1) is 0 Å². The van der Waals surface area contributed by atoms with E-state index < -0.39 is 0 Å². The highest BCUT2D eigenvalue weighted by atomic mass is 32.1. The minimum Gasteiger partial charge on any atom is -0.324 e. The van der Waals surface area contributed by atoms with Crippen LogP contribution < -0.4 is 5.73 Å². The summed E-state index contributed by atoms with van der Waals surface area (Å²) >= 11 is 0. The maximum Gasteiger partial charge on any atom is 0.136 e. The molecular formula is C9H13N3S. The van der Waals surface area contributed by atoms with Crippen molar-refractivity contribution in [2.24, 2.45) is 5.73 Å². The molecule has 0 spiro atoms. The van der Waals surface area contributed by atoms with Gasteiger partial charge in [-0.2, -0.15) is 13.5 Å². The summed E-state index contributed by atoms with van der Waals surface area (Å²) in [7, 11) is 0. The highest BCUT2D eigenvalue weighted by Crippen LogP contribution is 2.10. The molecule has 2 N–H and O–H groups in total. The van der Waals surface area contributed by atoms with Crippen LogP contribution in [-0.4, -0.2) is 9.38 Å². The number of aromatic nitrogens is 2. The molecule has 3 nitrogen and oxygen atoms in total. The van der Waals surface area contributed by atoms with Gasteiger partial charge in [0.15, 0.2) is 0 Å². The lowest BCUT2D eigenvalue weighted by atomic mass is 10.2. The lowest BCUT2D eigenvalue weighted by Crippen LogP contribution is -2.05. The zero-order valence-electron chi connectivity index (χ0n) is 7.44. The van der Waals surface area contributed by atoms with Gasteiger partial charge < -0.3 is 10.1 Å². The quantitative estimate of drug-likeness (QED) is 0.748. The van der Waals surface area contributed by atoms with Gasteiger partial charge in [-0.3, -0.25) is 0 Å². The molecule has 2 heterocycles. The van der Waals surface area contributed by atoms with Crippen LogP contribution in [0.2, 0.25) is 0 Å². The van der Waals surface area contributed by atoms with Gasteiger partial charge in [0.1, 0.15) is 5.65 Å². The highest BCUT2D eigenvalue weighted by Gasteiger charge is 1.99. The average molecular weight is 195 g/mol. The second-order valence-electron chi connectivity index (χ2n) is 2.94. The van der Waals surface area contributed by atoms with Gasteiger partial charge in [0, 0.05) is 24.6 Å². The third-order valence-corrected chi connectivity index (χ3v) is 1.94. The van der Waals surface area contributed by atoms with E-state index in [1.807, 2.05) is 35.9 Å². The molecular weight excluding hydrogens is 182 g/mol. The first-order valence-corrected chi connectivity index (χ1v) is 3.95. The van der Waals surface area contributed by atoms with Crippen LogP contribution in [-0.2, 0) is 0 Å². The predicted octanol–water partition coefficient (Wildman–Crippen LogP) is 1.47. The van der Waals surface area contributed by atoms with Crippen LogP contribution in [0.15, 0.2) is 30.7 Å². The zero-order valence-corrected chi connectivity index (χ0v) is 8.44. The third kappa shape index (κ3) is 1.84. The van der Waals surface area contributed by atoms with Crippen LogP contribution >= 0.6 is 13.5 Å². The Balaban J connectivity index is 0.000000845. The lowest BCUT2D eigenvalue weighted by molar-refractivity contribution is 0.808. The first-order chi connectivity index (χ1) is 5.77. The minimum absolute atomic E-state index is 0. The number of nitrogens with zero attached hydrogens (tertiary/aromatic N) is 2. The van der Waals surface area contributed by atoms with Crippen molar-refractivity contribution in [2.75, 3.05) is 0 Å². The summed E-state index contributed by atoms with van der Waals surface area (Å²) < 4.78 is 1.97. The zero-order chi connectivity index (χ0) is 8.55. The molecule has 0 aromatic carbocycles. The summed E-state index contributed by atoms with van der Waals surface area (Å²) in [5.41, 5.74) is 7.82. The van der Waals surface area contributed by atoms with Crippen molar-refractivity contribution in [3.05, 3.63) is 36.3 Å². The summed E-state index contributed by atoms with van der Waals surface area (Å²) in [6, 6.07) is 4.06. The van der Waals surface area contributed by atoms with Crippen LogP contribution in [0.25, 0.3) is 5.65 Å². The molecule has 0 saturated carbocycles. The molecule has 70 valence electrons. The van der Waals surface area contributed by atoms with Crippen LogP contribution in [0, 0.1) is 0 Å². The van der Waals surface area contributed by atoms with Crippen molar-refractivity contribution in [3.8, 4) is 0 Å². The normalized spacial score (nSPS) is 12.5. The van der Waals surface area contributed by atoms with Crippen LogP contribution in [0.5, 0.6) is 0 Å². The molecule has 0 radical (unpaired) electrons. The average Bonchev–Trinajstić information content (AvgIpc) is 2.49. The van der Waals surface area contributed by atoms with Crippen LogP contribution in [0.4, 0.5) is 0 Å². The Kier molecular flexibility index (Phi) is 2.95. The predicted molar refractivity (Wildman–Crippen MR) is 58.2 cm³/mol. The minimum atomic E-state index is 0. The van der Waals surface area contributed by atoms with Gasteiger partial charge in [0.25, 0.3) is 0 Å². The van der Waals surface area contributed by atoms with E-state index in [0.717, 1.165) is 11.2 Å². The Labute approximate surface area is 84.0 Å². The van der Waals surface area contributed by atoms with E-state index in [4.69, 9.17) is 5.73 Å². The Morgan fingerprint density at radius 1 is 1.46 bits per heavy atom. The largest absolute Gasteiger partial charge is 0.324 e. The summed E-state index contributed by atoms with van der Waals surface area (Å²) in [4.78, 5) is 4.14. The van der Waals surface area contributed by atoms with Gasteiger partial charge in [0.2, 0.25) is 0 Å². The first kappa shape index (κ1) is 10.1. The molecule has 0 aliphatic rings. The number of rotatable bonds is 1. The molecule has 2 rings (SSSR count). The van der Waals surface area contributed by atoms with Gasteiger partial charge >= 0.3 is 0 Å². The lowest BCUT2D eigenvalue weighted by Gasteiger charge is -2.04. The van der Waals surface area contributed by atoms with Gasteiger partial charge in [-0.25, -0.2) is 4.98 Å². The van der Waals surface area contributed by atoms with E-state index >= 15 is 0 Å². The smallest absolute Gasteiger partial charge is 0.136 e. The number of pyridine rings is 1. The number of nitrogens with two attached hydrogens (primary N) is 1. The third-order valence-electron chi connectivity index (χ3n) is 1.94. The maximum absolute atomic E-state index is 5.74. The van der Waals surface area contributed by atoms with E-state index in [2.05, 4.69) is 4.98 Å². The molecule has 0 saturated heterocycles. The molecule has 0 unspecified atom stereocenters. The molecule has 1 atom stereocenters. The first-order valence-electron chi connectivity index (χ1n) is 3.95. The van der Waals surface area contributed by atoms with Gasteiger partial charge in [-0.05, 0) is 18.6 Å². The monoisotopic (exact) mass is 195 g/mol. The van der Waals surface area contributed by atoms with Crippen molar-refractivity contribution < 1.29 is 0 Å². The molecule has 2 aromatic heterocycles. The van der Waals surface area contributed by atoms with Crippen LogP contribution in [0.1, 0.15) is 18.5 Å². The molecule has 0 aliphatic carbocycles. The highest BCUT2D eigenvalue weighted by molar-refractivity contribution is 7.59. The fourth-order valence-electron chi connectivity index (χ4n) is 1.21. The molecule has 0 fully saturated rings. The number of fused-ring (bicyclic) bond motifs is 1. The van der Waals surface area contributed by atoms with Gasteiger partial charge in [-0.1, -0.05) is 6.07 Å². The van der Waals surface area contributed by atoms with Crippen LogP contribution in [0.3, 0.4) is 0 Å². The Morgan fingerprint density at radius 3 is 2.92 bits per heavy atom. The molecule has 4 heteroatoms. The molecule has 0 amide bonds. The SMILES string of the molecule is C[C@H](N)c1ccc2nccn2c1.S. The number of imidazole rings is 1. The topological polar surface area (TPSA) is 43.3 Å². The summed E-state index contributed by atoms with van der Waals surface area (Å²) in [6.45, 7) is 1.97. The standard InChI is InChI=1S/C9H11N3.H2S/c1-7(10)8-2-3-9-11-4-5-12(9)6-8;/h2-7H,10H2,1H3;1H2/t7-;/m0./s1. The second-order valence-corrected chi connectivity index (χ2v) is 2.94. The van der Waals surface area contributed by atoms with E-state index in [0.29, 0.717) is 0 Å². The Bertz CT molecular complexity index is 394. The fourth-order valence-corrected chi connectivity index (χ4v) is 1.21. The molecule has 0 aliphatic heterocycles. The van der Waals surface area contributed by atoms with E-state index in [1.165, 1.54) is 0 Å². The fraction of sp³-hybridized carbons (Fsp3) is 0.222. The molecule has 2 aromatic rings. The Morgan fingerprint density at radius 2 is 2.23 bits per heavy atom. The Hall–Kier alpha value is -1.00. The van der Waals surface area contributed by atoms with Crippen molar-refractivity contribution in [2.45, 2.75) is 13.0 Å². The maximum atomic E-state index is 5.74. The number of hydrogen-bond acceptors (Lipinski definition) is 2.